The first-order valence-electron chi connectivity index (χ1n) is 6.13. The van der Waals surface area contributed by atoms with Gasteiger partial charge in [-0.05, 0) is 37.3 Å². The number of fused-ring (bicyclic) bond motifs is 1. The number of H-pyrrole nitrogens is 1. The van der Waals surface area contributed by atoms with Crippen LogP contribution in [0.4, 0.5) is 0 Å². The summed E-state index contributed by atoms with van der Waals surface area (Å²) in [5.74, 6) is 1.50. The van der Waals surface area contributed by atoms with Gasteiger partial charge >= 0.3 is 0 Å². The van der Waals surface area contributed by atoms with Gasteiger partial charge in [0.2, 0.25) is 0 Å². The lowest BCUT2D eigenvalue weighted by molar-refractivity contribution is 0.0949. The number of nitrogens with one attached hydrogen (secondary N) is 2. The van der Waals surface area contributed by atoms with Crippen LogP contribution in [0.15, 0.2) is 47.0 Å². The minimum absolute atomic E-state index is 0.0979. The van der Waals surface area contributed by atoms with Gasteiger partial charge in [0.15, 0.2) is 0 Å². The van der Waals surface area contributed by atoms with Crippen LogP contribution in [0, 0.1) is 6.92 Å². The summed E-state index contributed by atoms with van der Waals surface area (Å²) in [5.41, 5.74) is 1.63. The van der Waals surface area contributed by atoms with E-state index in [4.69, 9.17) is 4.42 Å². The van der Waals surface area contributed by atoms with Crippen LogP contribution < -0.4 is 5.32 Å². The third kappa shape index (κ3) is 2.25. The Hall–Kier alpha value is -2.49. The van der Waals surface area contributed by atoms with Crippen molar-refractivity contribution in [1.29, 1.82) is 0 Å². The molecule has 4 nitrogen and oxygen atoms in total. The first-order valence-corrected chi connectivity index (χ1v) is 6.13. The SMILES string of the molecule is Cc1ccc(CNC(=O)c2cccc3[nH]ccc23)o1. The number of carbonyl (C=O) groups is 1. The molecule has 0 aliphatic rings. The van der Waals surface area contributed by atoms with Crippen molar-refractivity contribution in [3.05, 3.63) is 59.7 Å². The number of aromatic nitrogens is 1. The molecule has 0 aliphatic heterocycles. The van der Waals surface area contributed by atoms with Crippen LogP contribution in [-0.2, 0) is 6.54 Å². The molecule has 0 fully saturated rings. The van der Waals surface area contributed by atoms with Gasteiger partial charge in [0.1, 0.15) is 11.5 Å². The summed E-state index contributed by atoms with van der Waals surface area (Å²) < 4.78 is 5.42. The molecule has 0 bridgehead atoms. The van der Waals surface area contributed by atoms with Crippen molar-refractivity contribution >= 4 is 16.8 Å². The van der Waals surface area contributed by atoms with Crippen molar-refractivity contribution in [1.82, 2.24) is 10.3 Å². The largest absolute Gasteiger partial charge is 0.465 e. The first-order chi connectivity index (χ1) is 9.24. The Balaban J connectivity index is 1.78. The van der Waals surface area contributed by atoms with Crippen LogP contribution in [0.5, 0.6) is 0 Å². The van der Waals surface area contributed by atoms with E-state index in [0.717, 1.165) is 22.4 Å². The number of furan rings is 1. The number of amides is 1. The molecule has 2 heterocycles. The average molecular weight is 254 g/mol. The van der Waals surface area contributed by atoms with Crippen molar-refractivity contribution in [2.75, 3.05) is 0 Å². The maximum Gasteiger partial charge on any atom is 0.252 e. The molecule has 0 aliphatic carbocycles. The van der Waals surface area contributed by atoms with Gasteiger partial charge in [-0.15, -0.1) is 0 Å². The Kier molecular flexibility index (Phi) is 2.83. The first kappa shape index (κ1) is 11.6. The Morgan fingerprint density at radius 2 is 2.16 bits per heavy atom. The zero-order chi connectivity index (χ0) is 13.2. The molecule has 2 aromatic heterocycles. The normalized spacial score (nSPS) is 10.8. The second-order valence-electron chi connectivity index (χ2n) is 4.44. The molecule has 0 radical (unpaired) electrons. The summed E-state index contributed by atoms with van der Waals surface area (Å²) >= 11 is 0. The standard InChI is InChI=1S/C15H14N2O2/c1-10-5-6-11(19-10)9-17-15(18)13-3-2-4-14-12(13)7-8-16-14/h2-8,16H,9H2,1H3,(H,17,18). The minimum atomic E-state index is -0.0979. The van der Waals surface area contributed by atoms with Gasteiger partial charge in [0.05, 0.1) is 6.54 Å². The maximum absolute atomic E-state index is 12.2. The molecule has 0 saturated carbocycles. The highest BCUT2D eigenvalue weighted by Crippen LogP contribution is 2.17. The molecule has 0 atom stereocenters. The lowest BCUT2D eigenvalue weighted by Gasteiger charge is -2.04. The van der Waals surface area contributed by atoms with Gasteiger partial charge in [-0.2, -0.15) is 0 Å². The van der Waals surface area contributed by atoms with Crippen molar-refractivity contribution in [3.8, 4) is 0 Å². The van der Waals surface area contributed by atoms with E-state index in [2.05, 4.69) is 10.3 Å². The molecule has 3 rings (SSSR count). The molecule has 19 heavy (non-hydrogen) atoms. The topological polar surface area (TPSA) is 58.0 Å². The van der Waals surface area contributed by atoms with E-state index in [9.17, 15) is 4.79 Å². The molecule has 2 N–H and O–H groups in total. The summed E-state index contributed by atoms with van der Waals surface area (Å²) in [4.78, 5) is 15.3. The lowest BCUT2D eigenvalue weighted by atomic mass is 10.1. The molecule has 1 amide bonds. The zero-order valence-electron chi connectivity index (χ0n) is 10.6. The summed E-state index contributed by atoms with van der Waals surface area (Å²) in [6.45, 7) is 2.28. The summed E-state index contributed by atoms with van der Waals surface area (Å²) in [5, 5.41) is 3.79. The zero-order valence-corrected chi connectivity index (χ0v) is 10.6. The fraction of sp³-hybridized carbons (Fsp3) is 0.133. The number of rotatable bonds is 3. The third-order valence-electron chi connectivity index (χ3n) is 3.06. The molecule has 4 heteroatoms. The van der Waals surface area contributed by atoms with E-state index < -0.39 is 0 Å². The number of hydrogen-bond donors (Lipinski definition) is 2. The van der Waals surface area contributed by atoms with Crippen LogP contribution in [0.25, 0.3) is 10.9 Å². The van der Waals surface area contributed by atoms with Crippen molar-refractivity contribution < 1.29 is 9.21 Å². The van der Waals surface area contributed by atoms with E-state index in [1.807, 2.05) is 49.5 Å². The van der Waals surface area contributed by atoms with Gasteiger partial charge in [0.25, 0.3) is 5.91 Å². The molecule has 1 aromatic carbocycles. The van der Waals surface area contributed by atoms with Gasteiger partial charge in [-0.3, -0.25) is 4.79 Å². The predicted molar refractivity (Wildman–Crippen MR) is 72.9 cm³/mol. The van der Waals surface area contributed by atoms with E-state index in [-0.39, 0.29) is 5.91 Å². The van der Waals surface area contributed by atoms with E-state index in [0.29, 0.717) is 12.1 Å². The van der Waals surface area contributed by atoms with Crippen LogP contribution >= 0.6 is 0 Å². The Labute approximate surface area is 110 Å². The molecule has 0 unspecified atom stereocenters. The third-order valence-corrected chi connectivity index (χ3v) is 3.06. The Morgan fingerprint density at radius 1 is 1.26 bits per heavy atom. The van der Waals surface area contributed by atoms with Crippen molar-refractivity contribution in [2.45, 2.75) is 13.5 Å². The smallest absolute Gasteiger partial charge is 0.252 e. The van der Waals surface area contributed by atoms with Gasteiger partial charge in [-0.25, -0.2) is 0 Å². The fourth-order valence-corrected chi connectivity index (χ4v) is 2.13. The van der Waals surface area contributed by atoms with Crippen LogP contribution in [-0.4, -0.2) is 10.9 Å². The highest BCUT2D eigenvalue weighted by atomic mass is 16.3. The highest BCUT2D eigenvalue weighted by molar-refractivity contribution is 6.06. The van der Waals surface area contributed by atoms with Gasteiger partial charge in [0, 0.05) is 22.7 Å². The number of aryl methyl sites for hydroxylation is 1. The van der Waals surface area contributed by atoms with Crippen LogP contribution in [0.3, 0.4) is 0 Å². The summed E-state index contributed by atoms with van der Waals surface area (Å²) in [7, 11) is 0. The number of aromatic amines is 1. The lowest BCUT2D eigenvalue weighted by Crippen LogP contribution is -2.22. The second kappa shape index (κ2) is 4.65. The van der Waals surface area contributed by atoms with Crippen molar-refractivity contribution in [2.24, 2.45) is 0 Å². The quantitative estimate of drug-likeness (QED) is 0.754. The number of hydrogen-bond acceptors (Lipinski definition) is 2. The molecule has 3 aromatic rings. The number of benzene rings is 1. The summed E-state index contributed by atoms with van der Waals surface area (Å²) in [6, 6.07) is 11.3. The summed E-state index contributed by atoms with van der Waals surface area (Å²) in [6.07, 6.45) is 1.83. The average Bonchev–Trinajstić information content (AvgIpc) is 3.03. The predicted octanol–water partition coefficient (Wildman–Crippen LogP) is 3.00. The maximum atomic E-state index is 12.2. The molecule has 96 valence electrons. The van der Waals surface area contributed by atoms with Crippen LogP contribution in [0.2, 0.25) is 0 Å². The molecular weight excluding hydrogens is 240 g/mol. The highest BCUT2D eigenvalue weighted by Gasteiger charge is 2.10. The Bertz CT molecular complexity index is 724. The van der Waals surface area contributed by atoms with E-state index in [1.54, 1.807) is 0 Å². The Morgan fingerprint density at radius 3 is 2.95 bits per heavy atom. The second-order valence-corrected chi connectivity index (χ2v) is 4.44. The molecule has 0 saturated heterocycles. The van der Waals surface area contributed by atoms with E-state index >= 15 is 0 Å². The minimum Gasteiger partial charge on any atom is -0.465 e. The van der Waals surface area contributed by atoms with Crippen molar-refractivity contribution in [3.63, 3.8) is 0 Å². The number of carbonyl (C=O) groups excluding carboxylic acids is 1. The fourth-order valence-electron chi connectivity index (χ4n) is 2.13. The van der Waals surface area contributed by atoms with E-state index in [1.165, 1.54) is 0 Å². The molecular formula is C15H14N2O2. The van der Waals surface area contributed by atoms with Crippen LogP contribution in [0.1, 0.15) is 21.9 Å². The van der Waals surface area contributed by atoms with Gasteiger partial charge in [-0.1, -0.05) is 6.07 Å². The van der Waals surface area contributed by atoms with Gasteiger partial charge < -0.3 is 14.7 Å². The monoisotopic (exact) mass is 254 g/mol. The molecule has 0 spiro atoms.